The minimum Gasteiger partial charge on any atom is -0.444 e. The van der Waals surface area contributed by atoms with Crippen molar-refractivity contribution in [3.63, 3.8) is 0 Å². The van der Waals surface area contributed by atoms with Crippen LogP contribution >= 0.6 is 0 Å². The molecular formula is C24H31N7O3. The van der Waals surface area contributed by atoms with Gasteiger partial charge in [0.15, 0.2) is 5.65 Å². The Morgan fingerprint density at radius 2 is 2.00 bits per heavy atom. The molecule has 2 aliphatic heterocycles. The fourth-order valence-corrected chi connectivity index (χ4v) is 4.11. The standard InChI is InChI=1S/C24H31N7O3/c1-15-16(12-21(32)26-15)11-17-14-25-31-20(27-18-5-6-18)13-19(28-22(17)31)29-7-9-30(10-8-29)23(33)34-24(2,3)4/h11,13-14,18,27H,1,5-10,12H2,2-4H3,(H,26,32)/b16-11+. The van der Waals surface area contributed by atoms with Crippen molar-refractivity contribution in [2.75, 3.05) is 36.4 Å². The zero-order chi connectivity index (χ0) is 24.0. The van der Waals surface area contributed by atoms with E-state index >= 15 is 0 Å². The third-order valence-corrected chi connectivity index (χ3v) is 6.03. The lowest BCUT2D eigenvalue weighted by Gasteiger charge is -2.36. The molecule has 3 fully saturated rings. The van der Waals surface area contributed by atoms with Crippen molar-refractivity contribution in [2.24, 2.45) is 0 Å². The van der Waals surface area contributed by atoms with E-state index in [1.54, 1.807) is 11.1 Å². The Bertz CT molecular complexity index is 1180. The number of anilines is 2. The number of hydrogen-bond donors (Lipinski definition) is 2. The Morgan fingerprint density at radius 3 is 2.62 bits per heavy atom. The molecule has 1 saturated carbocycles. The number of fused-ring (bicyclic) bond motifs is 1. The minimum absolute atomic E-state index is 0.0553. The van der Waals surface area contributed by atoms with Crippen LogP contribution in [0.4, 0.5) is 16.4 Å². The molecule has 34 heavy (non-hydrogen) atoms. The summed E-state index contributed by atoms with van der Waals surface area (Å²) in [5, 5.41) is 10.9. The number of allylic oxidation sites excluding steroid dienone is 1. The van der Waals surface area contributed by atoms with Crippen molar-refractivity contribution in [3.05, 3.63) is 35.7 Å². The summed E-state index contributed by atoms with van der Waals surface area (Å²) in [6.07, 6.45) is 6.00. The van der Waals surface area contributed by atoms with Gasteiger partial charge in [-0.05, 0) is 45.3 Å². The van der Waals surface area contributed by atoms with Crippen molar-refractivity contribution in [3.8, 4) is 0 Å². The van der Waals surface area contributed by atoms with E-state index in [1.165, 1.54) is 0 Å². The Kier molecular flexibility index (Phi) is 5.45. The van der Waals surface area contributed by atoms with Crippen LogP contribution in [0.2, 0.25) is 0 Å². The average molecular weight is 466 g/mol. The molecule has 4 heterocycles. The van der Waals surface area contributed by atoms with Gasteiger partial charge in [-0.1, -0.05) is 6.58 Å². The molecule has 0 radical (unpaired) electrons. The molecule has 2 amide bonds. The van der Waals surface area contributed by atoms with Crippen LogP contribution in [-0.2, 0) is 9.53 Å². The minimum atomic E-state index is -0.512. The summed E-state index contributed by atoms with van der Waals surface area (Å²) < 4.78 is 7.34. The lowest BCUT2D eigenvalue weighted by atomic mass is 10.1. The molecule has 2 aromatic heterocycles. The molecule has 2 aromatic rings. The van der Waals surface area contributed by atoms with E-state index < -0.39 is 5.60 Å². The first kappa shape index (κ1) is 22.2. The summed E-state index contributed by atoms with van der Waals surface area (Å²) in [6, 6.07) is 2.47. The third kappa shape index (κ3) is 4.71. The number of nitrogens with one attached hydrogen (secondary N) is 2. The molecule has 3 aliphatic rings. The molecule has 1 aliphatic carbocycles. The van der Waals surface area contributed by atoms with Crippen molar-refractivity contribution in [2.45, 2.75) is 51.7 Å². The summed E-state index contributed by atoms with van der Waals surface area (Å²) in [4.78, 5) is 33.1. The summed E-state index contributed by atoms with van der Waals surface area (Å²) in [7, 11) is 0. The van der Waals surface area contributed by atoms with Crippen LogP contribution in [0.3, 0.4) is 0 Å². The maximum atomic E-state index is 12.4. The van der Waals surface area contributed by atoms with Crippen molar-refractivity contribution >= 4 is 35.4 Å². The van der Waals surface area contributed by atoms with Gasteiger partial charge in [0.2, 0.25) is 5.91 Å². The number of ether oxygens (including phenoxy) is 1. The highest BCUT2D eigenvalue weighted by atomic mass is 16.6. The van der Waals surface area contributed by atoms with Crippen molar-refractivity contribution in [1.29, 1.82) is 0 Å². The number of hydrogen-bond acceptors (Lipinski definition) is 7. The first-order valence-electron chi connectivity index (χ1n) is 11.7. The van der Waals surface area contributed by atoms with Gasteiger partial charge in [0.1, 0.15) is 17.2 Å². The second-order valence-corrected chi connectivity index (χ2v) is 10.1. The predicted molar refractivity (Wildman–Crippen MR) is 130 cm³/mol. The van der Waals surface area contributed by atoms with E-state index in [4.69, 9.17) is 9.72 Å². The molecule has 0 bridgehead atoms. The summed E-state index contributed by atoms with van der Waals surface area (Å²) in [5.41, 5.74) is 2.50. The van der Waals surface area contributed by atoms with Crippen molar-refractivity contribution < 1.29 is 14.3 Å². The van der Waals surface area contributed by atoms with Crippen molar-refractivity contribution in [1.82, 2.24) is 24.8 Å². The highest BCUT2D eigenvalue weighted by Gasteiger charge is 2.28. The van der Waals surface area contributed by atoms with Gasteiger partial charge in [-0.2, -0.15) is 9.61 Å². The van der Waals surface area contributed by atoms with Crippen LogP contribution in [0.1, 0.15) is 45.6 Å². The molecule has 0 spiro atoms. The smallest absolute Gasteiger partial charge is 0.410 e. The van der Waals surface area contributed by atoms with E-state index in [0.717, 1.165) is 41.3 Å². The second kappa shape index (κ2) is 8.34. The maximum absolute atomic E-state index is 12.4. The maximum Gasteiger partial charge on any atom is 0.410 e. The number of carbonyl (C=O) groups excluding carboxylic acids is 2. The Hall–Kier alpha value is -3.56. The van der Waals surface area contributed by atoms with Gasteiger partial charge in [-0.3, -0.25) is 4.79 Å². The van der Waals surface area contributed by atoms with Crippen LogP contribution in [-0.4, -0.2) is 69.3 Å². The molecule has 2 saturated heterocycles. The number of carbonyl (C=O) groups is 2. The van der Waals surface area contributed by atoms with E-state index in [0.29, 0.717) is 44.3 Å². The third-order valence-electron chi connectivity index (χ3n) is 6.03. The number of rotatable bonds is 4. The van der Waals surface area contributed by atoms with Crippen LogP contribution in [0.15, 0.2) is 30.1 Å². The molecule has 0 atom stereocenters. The van der Waals surface area contributed by atoms with Gasteiger partial charge < -0.3 is 25.2 Å². The molecular weight excluding hydrogens is 434 g/mol. The number of piperazine rings is 1. The van der Waals surface area contributed by atoms with Crippen LogP contribution in [0.5, 0.6) is 0 Å². The number of amides is 2. The lowest BCUT2D eigenvalue weighted by molar-refractivity contribution is -0.118. The van der Waals surface area contributed by atoms with Gasteiger partial charge in [-0.25, -0.2) is 9.78 Å². The Balaban J connectivity index is 1.41. The van der Waals surface area contributed by atoms with Gasteiger partial charge >= 0.3 is 6.09 Å². The Labute approximate surface area is 198 Å². The predicted octanol–water partition coefficient (Wildman–Crippen LogP) is 2.78. The average Bonchev–Trinajstić information content (AvgIpc) is 3.40. The zero-order valence-corrected chi connectivity index (χ0v) is 19.9. The molecule has 10 heteroatoms. The molecule has 0 aromatic carbocycles. The first-order chi connectivity index (χ1) is 16.2. The summed E-state index contributed by atoms with van der Waals surface area (Å²) in [5.74, 6) is 1.67. The normalized spacial score (nSPS) is 20.3. The monoisotopic (exact) mass is 465 g/mol. The SMILES string of the molecule is C=C1NC(=O)C/C1=C\c1cnn2c(NC3CC3)cc(N3CCN(C(=O)OC(C)(C)C)CC3)nc12. The zero-order valence-electron chi connectivity index (χ0n) is 19.9. The quantitative estimate of drug-likeness (QED) is 0.716. The van der Waals surface area contributed by atoms with Gasteiger partial charge in [-0.15, -0.1) is 0 Å². The highest BCUT2D eigenvalue weighted by molar-refractivity contribution is 5.89. The molecule has 10 nitrogen and oxygen atoms in total. The molecule has 180 valence electrons. The van der Waals surface area contributed by atoms with Gasteiger partial charge in [0, 0.05) is 49.5 Å². The lowest BCUT2D eigenvalue weighted by Crippen LogP contribution is -2.50. The Morgan fingerprint density at radius 1 is 1.26 bits per heavy atom. The molecule has 0 unspecified atom stereocenters. The highest BCUT2D eigenvalue weighted by Crippen LogP contribution is 2.30. The van der Waals surface area contributed by atoms with E-state index in [-0.39, 0.29) is 12.0 Å². The van der Waals surface area contributed by atoms with Crippen LogP contribution < -0.4 is 15.5 Å². The fraction of sp³-hybridized carbons (Fsp3) is 0.500. The van der Waals surface area contributed by atoms with Crippen LogP contribution in [0, 0.1) is 0 Å². The first-order valence-corrected chi connectivity index (χ1v) is 11.7. The molecule has 5 rings (SSSR count). The topological polar surface area (TPSA) is 104 Å². The largest absolute Gasteiger partial charge is 0.444 e. The number of aromatic nitrogens is 3. The fourth-order valence-electron chi connectivity index (χ4n) is 4.11. The van der Waals surface area contributed by atoms with Crippen LogP contribution in [0.25, 0.3) is 11.7 Å². The van der Waals surface area contributed by atoms with Gasteiger partial charge in [0.25, 0.3) is 0 Å². The van der Waals surface area contributed by atoms with Gasteiger partial charge in [0.05, 0.1) is 12.6 Å². The number of nitrogens with zero attached hydrogens (tertiary/aromatic N) is 5. The summed E-state index contributed by atoms with van der Waals surface area (Å²) >= 11 is 0. The van der Waals surface area contributed by atoms with E-state index in [9.17, 15) is 9.59 Å². The van der Waals surface area contributed by atoms with E-state index in [1.807, 2.05) is 37.4 Å². The molecule has 2 N–H and O–H groups in total. The second-order valence-electron chi connectivity index (χ2n) is 10.1. The summed E-state index contributed by atoms with van der Waals surface area (Å²) in [6.45, 7) is 12.0. The van der Waals surface area contributed by atoms with E-state index in [2.05, 4.69) is 27.2 Å².